The van der Waals surface area contributed by atoms with Crippen molar-refractivity contribution in [1.82, 2.24) is 0 Å². The first kappa shape index (κ1) is 17.6. The van der Waals surface area contributed by atoms with Crippen LogP contribution in [0.3, 0.4) is 0 Å². The first-order chi connectivity index (χ1) is 10.2. The number of fused-ring (bicyclic) bond motifs is 2. The monoisotopic (exact) mass is 343 g/mol. The van der Waals surface area contributed by atoms with E-state index in [2.05, 4.69) is 0 Å². The summed E-state index contributed by atoms with van der Waals surface area (Å²) in [6.07, 6.45) is 0. The van der Waals surface area contributed by atoms with Crippen LogP contribution in [0.4, 0.5) is 5.69 Å². The van der Waals surface area contributed by atoms with Crippen molar-refractivity contribution in [2.75, 3.05) is 5.73 Å². The number of benzene rings is 2. The zero-order valence-corrected chi connectivity index (χ0v) is 11.7. The van der Waals surface area contributed by atoms with E-state index in [1.54, 1.807) is 6.07 Å². The second kappa shape index (κ2) is 5.73. The number of aromatic hydroxyl groups is 1. The van der Waals surface area contributed by atoms with E-state index in [1.807, 2.05) is 0 Å². The summed E-state index contributed by atoms with van der Waals surface area (Å²) in [7, 11) is -4.76. The minimum atomic E-state index is -4.76. The van der Waals surface area contributed by atoms with Gasteiger partial charge in [0.2, 0.25) is 0 Å². The van der Waals surface area contributed by atoms with Gasteiger partial charge in [0.05, 0.1) is 16.8 Å². The van der Waals surface area contributed by atoms with Crippen LogP contribution in [0.2, 0.25) is 0 Å². The van der Waals surface area contributed by atoms with Gasteiger partial charge in [-0.3, -0.25) is 14.1 Å². The fraction of sp³-hybridized carbons (Fsp3) is 0. The fourth-order valence-electron chi connectivity index (χ4n) is 2.49. The Morgan fingerprint density at radius 1 is 0.957 bits per heavy atom. The van der Waals surface area contributed by atoms with Gasteiger partial charge in [0.25, 0.3) is 10.1 Å². The van der Waals surface area contributed by atoms with Gasteiger partial charge in [-0.25, -0.2) is 0 Å². The van der Waals surface area contributed by atoms with E-state index in [0.717, 1.165) is 0 Å². The summed E-state index contributed by atoms with van der Waals surface area (Å²) < 4.78 is 31.7. The van der Waals surface area contributed by atoms with Gasteiger partial charge >= 0.3 is 29.6 Å². The second-order valence-electron chi connectivity index (χ2n) is 4.74. The first-order valence-electron chi connectivity index (χ1n) is 6.05. The van der Waals surface area contributed by atoms with Crippen molar-refractivity contribution in [1.29, 1.82) is 0 Å². The number of carbonyl (C=O) groups excluding carboxylic acids is 2. The molecule has 0 fully saturated rings. The van der Waals surface area contributed by atoms with E-state index in [9.17, 15) is 23.1 Å². The van der Waals surface area contributed by atoms with E-state index in [4.69, 9.17) is 10.3 Å². The zero-order chi connectivity index (χ0) is 16.2. The number of anilines is 1. The van der Waals surface area contributed by atoms with Crippen LogP contribution in [0, 0.1) is 0 Å². The third-order valence-corrected chi connectivity index (χ3v) is 4.35. The van der Waals surface area contributed by atoms with Gasteiger partial charge in [-0.05, 0) is 0 Å². The van der Waals surface area contributed by atoms with Crippen LogP contribution in [-0.4, -0.2) is 59.2 Å². The molecule has 0 atom stereocenters. The van der Waals surface area contributed by atoms with Crippen LogP contribution in [0.5, 0.6) is 5.75 Å². The summed E-state index contributed by atoms with van der Waals surface area (Å²) in [6.45, 7) is 0. The molecule has 0 heterocycles. The first-order valence-corrected chi connectivity index (χ1v) is 7.49. The number of phenolic OH excluding ortho intramolecular Hbond substituents is 1. The van der Waals surface area contributed by atoms with Gasteiger partial charge in [0, 0.05) is 17.2 Å². The van der Waals surface area contributed by atoms with E-state index in [1.165, 1.54) is 18.2 Å². The summed E-state index contributed by atoms with van der Waals surface area (Å²) >= 11 is 0. The van der Waals surface area contributed by atoms with Crippen molar-refractivity contribution >= 4 is 56.9 Å². The molecule has 1 aliphatic carbocycles. The molecule has 4 N–H and O–H groups in total. The minimum absolute atomic E-state index is 0. The average Bonchev–Trinajstić information content (AvgIpc) is 2.45. The summed E-state index contributed by atoms with van der Waals surface area (Å²) in [5.41, 5.74) is 4.44. The Balaban J connectivity index is 0.00000192. The molecular weight excluding hydrogens is 333 g/mol. The van der Waals surface area contributed by atoms with Gasteiger partial charge in [0.15, 0.2) is 11.6 Å². The third-order valence-electron chi connectivity index (χ3n) is 3.46. The molecule has 1 aliphatic rings. The normalized spacial score (nSPS) is 13.1. The molecule has 0 aromatic heterocycles. The Hall–Kier alpha value is -1.71. The van der Waals surface area contributed by atoms with Gasteiger partial charge in [0.1, 0.15) is 10.6 Å². The van der Waals surface area contributed by atoms with E-state index in [-0.39, 0.29) is 46.2 Å². The molecule has 0 radical (unpaired) electrons. The van der Waals surface area contributed by atoms with Crippen molar-refractivity contribution in [2.24, 2.45) is 0 Å². The molecule has 0 saturated heterocycles. The topological polar surface area (TPSA) is 135 Å². The molecule has 7 nitrogen and oxygen atoms in total. The summed E-state index contributed by atoms with van der Waals surface area (Å²) in [6, 6.07) is 6.57. The van der Waals surface area contributed by atoms with Crippen LogP contribution < -0.4 is 5.73 Å². The molecule has 0 amide bonds. The number of nitrogens with two attached hydrogens (primary N) is 1. The third kappa shape index (κ3) is 2.58. The molecule has 0 unspecified atom stereocenters. The van der Waals surface area contributed by atoms with Gasteiger partial charge in [-0.15, -0.1) is 0 Å². The number of ketones is 2. The number of carbonyl (C=O) groups is 2. The van der Waals surface area contributed by atoms with Gasteiger partial charge in [-0.2, -0.15) is 8.42 Å². The summed E-state index contributed by atoms with van der Waals surface area (Å²) in [5.74, 6) is -2.07. The quantitative estimate of drug-likeness (QED) is 0.251. The van der Waals surface area contributed by atoms with Gasteiger partial charge < -0.3 is 10.8 Å². The van der Waals surface area contributed by atoms with Crippen LogP contribution in [0.15, 0.2) is 35.2 Å². The van der Waals surface area contributed by atoms with Crippen molar-refractivity contribution in [3.63, 3.8) is 0 Å². The predicted molar refractivity (Wildman–Crippen MR) is 82.8 cm³/mol. The number of rotatable bonds is 1. The summed E-state index contributed by atoms with van der Waals surface area (Å²) in [5, 5.41) is 9.93. The molecule has 0 saturated carbocycles. The van der Waals surface area contributed by atoms with E-state index < -0.39 is 43.6 Å². The fourth-order valence-corrected chi connectivity index (χ4v) is 3.13. The molecule has 0 aliphatic heterocycles. The molecular formula is C14H10NNaO6S. The number of hydrogen-bond acceptors (Lipinski definition) is 6. The van der Waals surface area contributed by atoms with E-state index >= 15 is 0 Å². The zero-order valence-electron chi connectivity index (χ0n) is 10.9. The Labute approximate surface area is 153 Å². The Morgan fingerprint density at radius 3 is 1.91 bits per heavy atom. The Kier molecular flexibility index (Phi) is 4.40. The number of nitrogen functional groups attached to an aromatic ring is 1. The Morgan fingerprint density at radius 2 is 1.43 bits per heavy atom. The van der Waals surface area contributed by atoms with Crippen molar-refractivity contribution in [3.8, 4) is 5.75 Å². The van der Waals surface area contributed by atoms with Crippen molar-refractivity contribution in [3.05, 3.63) is 52.6 Å². The van der Waals surface area contributed by atoms with Crippen LogP contribution >= 0.6 is 0 Å². The van der Waals surface area contributed by atoms with Gasteiger partial charge in [-0.1, -0.05) is 24.3 Å². The standard InChI is InChI=1S/C14H9NO6S.Na.H/c15-12-9(22(19,20)21)5-8(16)10-11(12)14(18)7-4-2-1-3-6(7)13(10)17;;/h1-5,16H,15H2,(H,19,20,21);;. The molecule has 9 heteroatoms. The molecule has 0 spiro atoms. The van der Waals surface area contributed by atoms with Crippen LogP contribution in [0.25, 0.3) is 0 Å². The maximum absolute atomic E-state index is 12.5. The molecule has 114 valence electrons. The number of hydrogen-bond donors (Lipinski definition) is 3. The van der Waals surface area contributed by atoms with Crippen LogP contribution in [0.1, 0.15) is 31.8 Å². The summed E-state index contributed by atoms with van der Waals surface area (Å²) in [4.78, 5) is 24.1. The maximum atomic E-state index is 12.5. The second-order valence-corrected chi connectivity index (χ2v) is 6.13. The SMILES string of the molecule is Nc1c(S(=O)(=O)O)cc(O)c2c1C(=O)c1ccccc1C2=O.[NaH]. The predicted octanol–water partition coefficient (Wildman–Crippen LogP) is 0.348. The molecule has 2 aromatic rings. The van der Waals surface area contributed by atoms with Crippen molar-refractivity contribution < 1.29 is 27.7 Å². The molecule has 0 bridgehead atoms. The average molecular weight is 343 g/mol. The van der Waals surface area contributed by atoms with Crippen LogP contribution in [-0.2, 0) is 10.1 Å². The number of phenols is 1. The molecule has 3 rings (SSSR count). The van der Waals surface area contributed by atoms with Crippen molar-refractivity contribution in [2.45, 2.75) is 4.90 Å². The molecule has 2 aromatic carbocycles. The van der Waals surface area contributed by atoms with E-state index in [0.29, 0.717) is 6.07 Å². The molecule has 23 heavy (non-hydrogen) atoms. The Bertz CT molecular complexity index is 967.